The van der Waals surface area contributed by atoms with Crippen molar-refractivity contribution in [1.82, 2.24) is 0 Å². The van der Waals surface area contributed by atoms with Gasteiger partial charge >= 0.3 is 0 Å². The van der Waals surface area contributed by atoms with Gasteiger partial charge in [0.05, 0.1) is 0 Å². The molecule has 4 heteroatoms. The minimum Gasteiger partial charge on any atom is -0.399 e. The Labute approximate surface area is 120 Å². The molecule has 0 heterocycles. The summed E-state index contributed by atoms with van der Waals surface area (Å²) in [6.45, 7) is 6.70. The van der Waals surface area contributed by atoms with Crippen molar-refractivity contribution in [2.24, 2.45) is 5.92 Å². The molecule has 0 spiro atoms. The van der Waals surface area contributed by atoms with Crippen LogP contribution in [0, 0.1) is 5.92 Å². The second kappa shape index (κ2) is 8.10. The Morgan fingerprint density at radius 3 is 2.47 bits per heavy atom. The van der Waals surface area contributed by atoms with Crippen LogP contribution >= 0.6 is 11.8 Å². The number of hydrogen-bond acceptors (Lipinski definition) is 3. The average molecular weight is 280 g/mol. The first-order chi connectivity index (χ1) is 8.99. The number of amides is 1. The van der Waals surface area contributed by atoms with E-state index < -0.39 is 0 Å². The zero-order valence-corrected chi connectivity index (χ0v) is 12.8. The van der Waals surface area contributed by atoms with E-state index in [2.05, 4.69) is 26.1 Å². The van der Waals surface area contributed by atoms with Crippen molar-refractivity contribution in [3.63, 3.8) is 0 Å². The Hall–Kier alpha value is -1.16. The lowest BCUT2D eigenvalue weighted by Gasteiger charge is -2.14. The Morgan fingerprint density at radius 1 is 1.26 bits per heavy atom. The van der Waals surface area contributed by atoms with Crippen LogP contribution in [0.1, 0.15) is 33.6 Å². The molecule has 1 aromatic rings. The third-order valence-corrected chi connectivity index (χ3v) is 4.66. The quantitative estimate of drug-likeness (QED) is 0.590. The van der Waals surface area contributed by atoms with Crippen molar-refractivity contribution < 1.29 is 4.79 Å². The van der Waals surface area contributed by atoms with Crippen molar-refractivity contribution in [3.05, 3.63) is 24.3 Å². The van der Waals surface area contributed by atoms with Crippen LogP contribution in [0.15, 0.2) is 24.3 Å². The molecule has 19 heavy (non-hydrogen) atoms. The molecule has 1 rings (SSSR count). The number of carbonyl (C=O) groups is 1. The van der Waals surface area contributed by atoms with Crippen molar-refractivity contribution in [3.8, 4) is 0 Å². The maximum atomic E-state index is 11.7. The van der Waals surface area contributed by atoms with E-state index in [0.29, 0.717) is 23.3 Å². The molecule has 1 aromatic carbocycles. The smallest absolute Gasteiger partial charge is 0.224 e. The van der Waals surface area contributed by atoms with E-state index in [-0.39, 0.29) is 5.91 Å². The summed E-state index contributed by atoms with van der Waals surface area (Å²) >= 11 is 1.94. The lowest BCUT2D eigenvalue weighted by molar-refractivity contribution is -0.116. The fraction of sp³-hybridized carbons (Fsp3) is 0.533. The third-order valence-electron chi connectivity index (χ3n) is 3.06. The van der Waals surface area contributed by atoms with Crippen LogP contribution in [0.25, 0.3) is 0 Å². The summed E-state index contributed by atoms with van der Waals surface area (Å²) in [7, 11) is 0. The number of nitrogens with one attached hydrogen (secondary N) is 1. The van der Waals surface area contributed by atoms with E-state index in [1.54, 1.807) is 12.1 Å². The van der Waals surface area contributed by atoms with E-state index in [9.17, 15) is 4.79 Å². The van der Waals surface area contributed by atoms with Crippen LogP contribution in [0.2, 0.25) is 0 Å². The number of anilines is 2. The van der Waals surface area contributed by atoms with Gasteiger partial charge in [-0.2, -0.15) is 11.8 Å². The van der Waals surface area contributed by atoms with Gasteiger partial charge in [-0.3, -0.25) is 4.79 Å². The minimum absolute atomic E-state index is 0.0718. The number of thioether (sulfide) groups is 1. The van der Waals surface area contributed by atoms with Gasteiger partial charge in [-0.1, -0.05) is 20.8 Å². The van der Waals surface area contributed by atoms with E-state index in [0.717, 1.165) is 17.9 Å². The summed E-state index contributed by atoms with van der Waals surface area (Å²) in [5.41, 5.74) is 7.11. The molecule has 0 radical (unpaired) electrons. The Bertz CT molecular complexity index is 390. The highest BCUT2D eigenvalue weighted by Crippen LogP contribution is 2.20. The highest BCUT2D eigenvalue weighted by molar-refractivity contribution is 7.99. The SMILES string of the molecule is CC(C)C(C)SCCCC(=O)Nc1ccc(N)cc1. The number of benzene rings is 1. The first kappa shape index (κ1) is 15.9. The number of carbonyl (C=O) groups excluding carboxylic acids is 1. The van der Waals surface area contributed by atoms with Crippen LogP contribution in [-0.4, -0.2) is 16.9 Å². The van der Waals surface area contributed by atoms with Crippen molar-refractivity contribution in [2.75, 3.05) is 16.8 Å². The maximum absolute atomic E-state index is 11.7. The van der Waals surface area contributed by atoms with Gasteiger partial charge in [0.1, 0.15) is 0 Å². The zero-order chi connectivity index (χ0) is 14.3. The first-order valence-corrected chi connectivity index (χ1v) is 7.81. The van der Waals surface area contributed by atoms with Crippen molar-refractivity contribution in [2.45, 2.75) is 38.9 Å². The van der Waals surface area contributed by atoms with Gasteiger partial charge in [-0.05, 0) is 42.4 Å². The largest absolute Gasteiger partial charge is 0.399 e. The highest BCUT2D eigenvalue weighted by atomic mass is 32.2. The summed E-state index contributed by atoms with van der Waals surface area (Å²) in [6.07, 6.45) is 1.49. The summed E-state index contributed by atoms with van der Waals surface area (Å²) in [5, 5.41) is 3.53. The van der Waals surface area contributed by atoms with E-state index >= 15 is 0 Å². The molecule has 3 N–H and O–H groups in total. The van der Waals surface area contributed by atoms with Gasteiger partial charge in [-0.15, -0.1) is 0 Å². The molecule has 1 unspecified atom stereocenters. The molecule has 0 aliphatic heterocycles. The van der Waals surface area contributed by atoms with Gasteiger partial charge in [0.2, 0.25) is 5.91 Å². The van der Waals surface area contributed by atoms with Crippen LogP contribution in [-0.2, 0) is 4.79 Å². The van der Waals surface area contributed by atoms with Crippen molar-refractivity contribution in [1.29, 1.82) is 0 Å². The first-order valence-electron chi connectivity index (χ1n) is 6.76. The Kier molecular flexibility index (Phi) is 6.78. The average Bonchev–Trinajstić information content (AvgIpc) is 2.37. The predicted molar refractivity (Wildman–Crippen MR) is 85.5 cm³/mol. The van der Waals surface area contributed by atoms with Crippen LogP contribution < -0.4 is 11.1 Å². The monoisotopic (exact) mass is 280 g/mol. The summed E-state index contributed by atoms with van der Waals surface area (Å²) in [6, 6.07) is 7.22. The van der Waals surface area contributed by atoms with Gasteiger partial charge in [0, 0.05) is 23.0 Å². The molecular formula is C15H24N2OS. The van der Waals surface area contributed by atoms with Crippen molar-refractivity contribution >= 4 is 29.0 Å². The number of rotatable bonds is 7. The molecule has 1 amide bonds. The summed E-state index contributed by atoms with van der Waals surface area (Å²) in [5.74, 6) is 1.80. The molecule has 0 bridgehead atoms. The molecule has 0 aliphatic rings. The van der Waals surface area contributed by atoms with E-state index in [1.165, 1.54) is 0 Å². The maximum Gasteiger partial charge on any atom is 0.224 e. The fourth-order valence-electron chi connectivity index (χ4n) is 1.48. The Balaban J connectivity index is 2.20. The Morgan fingerprint density at radius 2 is 1.89 bits per heavy atom. The lowest BCUT2D eigenvalue weighted by Crippen LogP contribution is -2.12. The standard InChI is InChI=1S/C15H24N2OS/c1-11(2)12(3)19-10-4-5-15(18)17-14-8-6-13(16)7-9-14/h6-9,11-12H,4-5,10,16H2,1-3H3,(H,17,18). The molecule has 0 aromatic heterocycles. The molecule has 0 saturated carbocycles. The highest BCUT2D eigenvalue weighted by Gasteiger charge is 2.08. The second-order valence-corrected chi connectivity index (χ2v) is 6.58. The van der Waals surface area contributed by atoms with Gasteiger partial charge in [-0.25, -0.2) is 0 Å². The number of hydrogen-bond donors (Lipinski definition) is 2. The van der Waals surface area contributed by atoms with Crippen LogP contribution in [0.5, 0.6) is 0 Å². The normalized spacial score (nSPS) is 12.4. The summed E-state index contributed by atoms with van der Waals surface area (Å²) < 4.78 is 0. The molecular weight excluding hydrogens is 256 g/mol. The molecule has 1 atom stereocenters. The van der Waals surface area contributed by atoms with Gasteiger partial charge < -0.3 is 11.1 Å². The molecule has 106 valence electrons. The zero-order valence-electron chi connectivity index (χ0n) is 12.0. The number of nitrogen functional groups attached to an aromatic ring is 1. The third kappa shape index (κ3) is 6.53. The van der Waals surface area contributed by atoms with E-state index in [4.69, 9.17) is 5.73 Å². The van der Waals surface area contributed by atoms with Crippen LogP contribution in [0.3, 0.4) is 0 Å². The minimum atomic E-state index is 0.0718. The lowest BCUT2D eigenvalue weighted by atomic mass is 10.2. The predicted octanol–water partition coefficient (Wildman–Crippen LogP) is 3.77. The molecule has 0 saturated heterocycles. The molecule has 0 aliphatic carbocycles. The van der Waals surface area contributed by atoms with Crippen LogP contribution in [0.4, 0.5) is 11.4 Å². The summed E-state index contributed by atoms with van der Waals surface area (Å²) in [4.78, 5) is 11.7. The topological polar surface area (TPSA) is 55.1 Å². The fourth-order valence-corrected chi connectivity index (χ4v) is 2.55. The van der Waals surface area contributed by atoms with E-state index in [1.807, 2.05) is 23.9 Å². The van der Waals surface area contributed by atoms with Gasteiger partial charge in [0.25, 0.3) is 0 Å². The second-order valence-electron chi connectivity index (χ2n) is 5.09. The number of nitrogens with two attached hydrogens (primary N) is 1. The molecule has 3 nitrogen and oxygen atoms in total. The molecule has 0 fully saturated rings. The van der Waals surface area contributed by atoms with Gasteiger partial charge in [0.15, 0.2) is 0 Å².